The van der Waals surface area contributed by atoms with Crippen molar-refractivity contribution in [1.82, 2.24) is 0 Å². The summed E-state index contributed by atoms with van der Waals surface area (Å²) in [6.45, 7) is 4.82. The zero-order chi connectivity index (χ0) is 21.3. The predicted molar refractivity (Wildman–Crippen MR) is 118 cm³/mol. The van der Waals surface area contributed by atoms with Gasteiger partial charge in [0.15, 0.2) is 0 Å². The van der Waals surface area contributed by atoms with Gasteiger partial charge in [-0.15, -0.1) is 0 Å². The third-order valence-electron chi connectivity index (χ3n) is 4.48. The van der Waals surface area contributed by atoms with E-state index >= 15 is 0 Å². The lowest BCUT2D eigenvalue weighted by Gasteiger charge is -2.13. The molecule has 5 heteroatoms. The Kier molecular flexibility index (Phi) is 7.46. The molecule has 5 nitrogen and oxygen atoms in total. The lowest BCUT2D eigenvalue weighted by atomic mass is 10.1. The Bertz CT molecular complexity index is 953. The molecule has 0 fully saturated rings. The first kappa shape index (κ1) is 21.4. The molecule has 0 bridgehead atoms. The van der Waals surface area contributed by atoms with Gasteiger partial charge in [-0.05, 0) is 61.9 Å². The first-order valence-corrected chi connectivity index (χ1v) is 9.92. The van der Waals surface area contributed by atoms with E-state index < -0.39 is 0 Å². The van der Waals surface area contributed by atoms with Crippen LogP contribution in [0.4, 0.5) is 5.69 Å². The van der Waals surface area contributed by atoms with Crippen molar-refractivity contribution in [3.8, 4) is 11.5 Å². The van der Waals surface area contributed by atoms with E-state index in [4.69, 9.17) is 14.2 Å². The molecule has 0 spiro atoms. The lowest BCUT2D eigenvalue weighted by molar-refractivity contribution is 0.0644. The lowest BCUT2D eigenvalue weighted by Crippen LogP contribution is -2.13. The van der Waals surface area contributed by atoms with Gasteiger partial charge in [0.25, 0.3) is 5.91 Å². The predicted octanol–water partition coefficient (Wildman–Crippen LogP) is 5.45. The molecule has 0 unspecified atom stereocenters. The van der Waals surface area contributed by atoms with Gasteiger partial charge in [-0.1, -0.05) is 30.3 Å². The summed E-state index contributed by atoms with van der Waals surface area (Å²) in [4.78, 5) is 12.7. The average molecular weight is 405 g/mol. The van der Waals surface area contributed by atoms with Gasteiger partial charge in [0.05, 0.1) is 19.8 Å². The van der Waals surface area contributed by atoms with Gasteiger partial charge in [0, 0.05) is 16.8 Å². The van der Waals surface area contributed by atoms with Crippen LogP contribution in [0.3, 0.4) is 0 Å². The van der Waals surface area contributed by atoms with Crippen LogP contribution >= 0.6 is 0 Å². The number of rotatable bonds is 9. The van der Waals surface area contributed by atoms with E-state index in [9.17, 15) is 4.79 Å². The van der Waals surface area contributed by atoms with Crippen LogP contribution in [0.5, 0.6) is 11.5 Å². The number of ether oxygens (including phenoxy) is 3. The van der Waals surface area contributed by atoms with Crippen molar-refractivity contribution in [2.24, 2.45) is 0 Å². The van der Waals surface area contributed by atoms with E-state index in [-0.39, 0.29) is 12.0 Å². The number of carbonyl (C=O) groups is 1. The number of benzene rings is 3. The molecule has 3 aromatic rings. The Labute approximate surface area is 177 Å². The Morgan fingerprint density at radius 1 is 0.933 bits per heavy atom. The van der Waals surface area contributed by atoms with Crippen molar-refractivity contribution in [3.05, 3.63) is 89.5 Å². The van der Waals surface area contributed by atoms with E-state index in [0.717, 1.165) is 16.9 Å². The molecule has 0 atom stereocenters. The quantitative estimate of drug-likeness (QED) is 0.514. The minimum atomic E-state index is -0.193. The van der Waals surface area contributed by atoms with E-state index in [1.165, 1.54) is 0 Å². The van der Waals surface area contributed by atoms with Crippen LogP contribution in [0, 0.1) is 0 Å². The van der Waals surface area contributed by atoms with Crippen LogP contribution in [0.25, 0.3) is 0 Å². The topological polar surface area (TPSA) is 56.8 Å². The first-order valence-electron chi connectivity index (χ1n) is 9.92. The van der Waals surface area contributed by atoms with Gasteiger partial charge >= 0.3 is 0 Å². The molecule has 0 aliphatic heterocycles. The first-order chi connectivity index (χ1) is 14.5. The van der Waals surface area contributed by atoms with Gasteiger partial charge in [-0.25, -0.2) is 0 Å². The molecule has 0 saturated heterocycles. The fraction of sp³-hybridized carbons (Fsp3) is 0.240. The number of hydrogen-bond donors (Lipinski definition) is 1. The molecule has 156 valence electrons. The van der Waals surface area contributed by atoms with Crippen molar-refractivity contribution < 1.29 is 19.0 Å². The van der Waals surface area contributed by atoms with Gasteiger partial charge in [-0.2, -0.15) is 0 Å². The Morgan fingerprint density at radius 3 is 2.33 bits per heavy atom. The van der Waals surface area contributed by atoms with Crippen LogP contribution < -0.4 is 14.8 Å². The van der Waals surface area contributed by atoms with E-state index in [1.807, 2.05) is 68.4 Å². The fourth-order valence-corrected chi connectivity index (χ4v) is 2.87. The van der Waals surface area contributed by atoms with Gasteiger partial charge in [0.1, 0.15) is 18.1 Å². The highest BCUT2D eigenvalue weighted by atomic mass is 16.5. The van der Waals surface area contributed by atoms with E-state index in [1.54, 1.807) is 25.3 Å². The van der Waals surface area contributed by atoms with Crippen LogP contribution in [0.2, 0.25) is 0 Å². The van der Waals surface area contributed by atoms with Crippen LogP contribution in [0.1, 0.15) is 35.3 Å². The highest BCUT2D eigenvalue weighted by molar-refractivity contribution is 6.04. The van der Waals surface area contributed by atoms with Gasteiger partial charge in [-0.3, -0.25) is 4.79 Å². The third kappa shape index (κ3) is 6.09. The maximum atomic E-state index is 12.7. The van der Waals surface area contributed by atoms with Crippen LogP contribution in [0.15, 0.2) is 72.8 Å². The largest absolute Gasteiger partial charge is 0.496 e. The number of anilines is 1. The van der Waals surface area contributed by atoms with Crippen molar-refractivity contribution in [1.29, 1.82) is 0 Å². The molecule has 0 aliphatic rings. The minimum absolute atomic E-state index is 0.0924. The second-order valence-corrected chi connectivity index (χ2v) is 7.14. The van der Waals surface area contributed by atoms with Crippen LogP contribution in [-0.4, -0.2) is 19.1 Å². The Morgan fingerprint density at radius 2 is 1.67 bits per heavy atom. The smallest absolute Gasteiger partial charge is 0.255 e. The van der Waals surface area contributed by atoms with Crippen molar-refractivity contribution in [2.45, 2.75) is 33.2 Å². The van der Waals surface area contributed by atoms with Crippen LogP contribution in [-0.2, 0) is 18.0 Å². The van der Waals surface area contributed by atoms with Crippen molar-refractivity contribution in [3.63, 3.8) is 0 Å². The molecule has 3 aromatic carbocycles. The van der Waals surface area contributed by atoms with E-state index in [2.05, 4.69) is 5.32 Å². The summed E-state index contributed by atoms with van der Waals surface area (Å²) in [7, 11) is 1.61. The molecular weight excluding hydrogens is 378 g/mol. The maximum absolute atomic E-state index is 12.7. The standard InChI is InChI=1S/C25H27NO4/c1-18(2)29-17-21-15-20(9-14-24(21)28-3)25(27)26-22-10-12-23(13-11-22)30-16-19-7-5-4-6-8-19/h4-15,18H,16-17H2,1-3H3,(H,26,27). The summed E-state index contributed by atoms with van der Waals surface area (Å²) in [6, 6.07) is 22.6. The Balaban J connectivity index is 1.61. The summed E-state index contributed by atoms with van der Waals surface area (Å²) >= 11 is 0. The highest BCUT2D eigenvalue weighted by Gasteiger charge is 2.11. The number of methoxy groups -OCH3 is 1. The molecule has 0 aliphatic carbocycles. The third-order valence-corrected chi connectivity index (χ3v) is 4.48. The molecule has 3 rings (SSSR count). The molecule has 0 heterocycles. The molecule has 1 amide bonds. The second kappa shape index (κ2) is 10.5. The summed E-state index contributed by atoms with van der Waals surface area (Å²) < 4.78 is 16.8. The number of hydrogen-bond acceptors (Lipinski definition) is 4. The van der Waals surface area contributed by atoms with Gasteiger partial charge < -0.3 is 19.5 Å². The SMILES string of the molecule is COc1ccc(C(=O)Nc2ccc(OCc3ccccc3)cc2)cc1COC(C)C. The number of nitrogens with one attached hydrogen (secondary N) is 1. The molecule has 0 radical (unpaired) electrons. The molecule has 1 N–H and O–H groups in total. The molecule has 0 aromatic heterocycles. The van der Waals surface area contributed by atoms with E-state index in [0.29, 0.717) is 30.2 Å². The van der Waals surface area contributed by atoms with Crippen molar-refractivity contribution in [2.75, 3.05) is 12.4 Å². The number of carbonyl (C=O) groups excluding carboxylic acids is 1. The molecule has 0 saturated carbocycles. The maximum Gasteiger partial charge on any atom is 0.255 e. The minimum Gasteiger partial charge on any atom is -0.496 e. The highest BCUT2D eigenvalue weighted by Crippen LogP contribution is 2.23. The summed E-state index contributed by atoms with van der Waals surface area (Å²) in [6.07, 6.45) is 0.0924. The average Bonchev–Trinajstić information content (AvgIpc) is 2.77. The fourth-order valence-electron chi connectivity index (χ4n) is 2.87. The van der Waals surface area contributed by atoms with Gasteiger partial charge in [0.2, 0.25) is 0 Å². The normalized spacial score (nSPS) is 10.7. The monoisotopic (exact) mass is 405 g/mol. The summed E-state index contributed by atoms with van der Waals surface area (Å²) in [5, 5.41) is 2.91. The number of amides is 1. The van der Waals surface area contributed by atoms with Crippen molar-refractivity contribution >= 4 is 11.6 Å². The molecule has 30 heavy (non-hydrogen) atoms. The molecular formula is C25H27NO4. The Hall–Kier alpha value is -3.31. The summed E-state index contributed by atoms with van der Waals surface area (Å²) in [5.74, 6) is 1.25. The zero-order valence-corrected chi connectivity index (χ0v) is 17.6. The summed E-state index contributed by atoms with van der Waals surface area (Å²) in [5.41, 5.74) is 3.18. The second-order valence-electron chi connectivity index (χ2n) is 7.14. The zero-order valence-electron chi connectivity index (χ0n) is 17.6.